The number of hydrogen-bond donors (Lipinski definition) is 1. The Kier molecular flexibility index (Phi) is 5.19. The molecular weight excluding hydrogens is 332 g/mol. The Morgan fingerprint density at radius 3 is 2.44 bits per heavy atom. The number of hydrogen-bond acceptors (Lipinski definition) is 4. The number of nitrogens with one attached hydrogen (secondary N) is 1. The molecule has 1 heterocycles. The van der Waals surface area contributed by atoms with Crippen molar-refractivity contribution in [3.63, 3.8) is 0 Å². The van der Waals surface area contributed by atoms with Crippen molar-refractivity contribution in [3.8, 4) is 5.69 Å². The molecule has 0 saturated heterocycles. The average molecular weight is 352 g/mol. The van der Waals surface area contributed by atoms with E-state index in [0.717, 1.165) is 22.8 Å². The zero-order valence-electron chi connectivity index (χ0n) is 14.4. The Morgan fingerprint density at radius 2 is 1.72 bits per heavy atom. The highest BCUT2D eigenvalue weighted by atomic mass is 32.2. The van der Waals surface area contributed by atoms with Crippen LogP contribution >= 0.6 is 11.8 Å². The second-order valence-corrected chi connectivity index (χ2v) is 7.07. The van der Waals surface area contributed by atoms with Gasteiger partial charge < -0.3 is 5.32 Å². The first-order valence-corrected chi connectivity index (χ1v) is 8.95. The van der Waals surface area contributed by atoms with Crippen molar-refractivity contribution in [3.05, 3.63) is 66.0 Å². The van der Waals surface area contributed by atoms with Crippen LogP contribution in [0.1, 0.15) is 18.3 Å². The Labute approximate surface area is 151 Å². The standard InChI is InChI=1S/C19H20N4OS/c1-13-9-7-8-12-17(13)23-15(3)21-22-19(23)25-14(2)18(24)20-16-10-5-4-6-11-16/h4-12,14H,1-3H3,(H,20,24). The summed E-state index contributed by atoms with van der Waals surface area (Å²) >= 11 is 1.40. The van der Waals surface area contributed by atoms with Gasteiger partial charge in [0.25, 0.3) is 0 Å². The zero-order chi connectivity index (χ0) is 17.8. The van der Waals surface area contributed by atoms with E-state index in [1.54, 1.807) is 0 Å². The van der Waals surface area contributed by atoms with E-state index in [1.165, 1.54) is 11.8 Å². The predicted molar refractivity (Wildman–Crippen MR) is 101 cm³/mol. The number of nitrogens with zero attached hydrogens (tertiary/aromatic N) is 3. The van der Waals surface area contributed by atoms with Crippen LogP contribution in [0.3, 0.4) is 0 Å². The summed E-state index contributed by atoms with van der Waals surface area (Å²) < 4.78 is 1.99. The van der Waals surface area contributed by atoms with Crippen molar-refractivity contribution in [1.29, 1.82) is 0 Å². The van der Waals surface area contributed by atoms with Crippen LogP contribution in [0, 0.1) is 13.8 Å². The number of aromatic nitrogens is 3. The third-order valence-electron chi connectivity index (χ3n) is 3.84. The lowest BCUT2D eigenvalue weighted by molar-refractivity contribution is -0.115. The van der Waals surface area contributed by atoms with Gasteiger partial charge in [-0.25, -0.2) is 0 Å². The van der Waals surface area contributed by atoms with E-state index < -0.39 is 0 Å². The van der Waals surface area contributed by atoms with Crippen LogP contribution in [0.2, 0.25) is 0 Å². The Hall–Kier alpha value is -2.60. The molecule has 0 aliphatic carbocycles. The Balaban J connectivity index is 1.79. The number of carbonyl (C=O) groups excluding carboxylic acids is 1. The lowest BCUT2D eigenvalue weighted by atomic mass is 10.2. The molecule has 5 nitrogen and oxygen atoms in total. The van der Waals surface area contributed by atoms with Crippen LogP contribution in [0.4, 0.5) is 5.69 Å². The average Bonchev–Trinajstić information content (AvgIpc) is 2.96. The van der Waals surface area contributed by atoms with E-state index in [-0.39, 0.29) is 11.2 Å². The molecule has 0 fully saturated rings. The van der Waals surface area contributed by atoms with Gasteiger partial charge in [-0.15, -0.1) is 10.2 Å². The summed E-state index contributed by atoms with van der Waals surface area (Å²) in [7, 11) is 0. The van der Waals surface area contributed by atoms with Crippen molar-refractivity contribution in [2.75, 3.05) is 5.32 Å². The Morgan fingerprint density at radius 1 is 1.04 bits per heavy atom. The van der Waals surface area contributed by atoms with Gasteiger partial charge in [0.1, 0.15) is 5.82 Å². The van der Waals surface area contributed by atoms with Gasteiger partial charge in [0.05, 0.1) is 10.9 Å². The third-order valence-corrected chi connectivity index (χ3v) is 4.89. The molecule has 6 heteroatoms. The number of thioether (sulfide) groups is 1. The molecule has 3 aromatic rings. The molecule has 1 amide bonds. The van der Waals surface area contributed by atoms with Gasteiger partial charge in [-0.1, -0.05) is 48.2 Å². The van der Waals surface area contributed by atoms with Crippen LogP contribution in [0.25, 0.3) is 5.69 Å². The molecule has 0 aliphatic heterocycles. The molecule has 0 radical (unpaired) electrons. The number of benzene rings is 2. The topological polar surface area (TPSA) is 59.8 Å². The van der Waals surface area contributed by atoms with Crippen molar-refractivity contribution in [1.82, 2.24) is 14.8 Å². The maximum atomic E-state index is 12.4. The maximum absolute atomic E-state index is 12.4. The minimum Gasteiger partial charge on any atom is -0.325 e. The molecule has 2 aromatic carbocycles. The lowest BCUT2D eigenvalue weighted by Crippen LogP contribution is -2.22. The molecule has 1 unspecified atom stereocenters. The number of anilines is 1. The molecule has 1 N–H and O–H groups in total. The van der Waals surface area contributed by atoms with E-state index in [1.807, 2.05) is 66.9 Å². The monoisotopic (exact) mass is 352 g/mol. The highest BCUT2D eigenvalue weighted by Crippen LogP contribution is 2.27. The summed E-state index contributed by atoms with van der Waals surface area (Å²) in [6.07, 6.45) is 0. The summed E-state index contributed by atoms with van der Waals surface area (Å²) in [5, 5.41) is 11.8. The fraction of sp³-hybridized carbons (Fsp3) is 0.211. The fourth-order valence-corrected chi connectivity index (χ4v) is 3.39. The molecule has 3 rings (SSSR count). The van der Waals surface area contributed by atoms with Gasteiger partial charge in [0.15, 0.2) is 5.16 Å². The molecule has 1 atom stereocenters. The number of para-hydroxylation sites is 2. The summed E-state index contributed by atoms with van der Waals surface area (Å²) in [5.74, 6) is 0.737. The van der Waals surface area contributed by atoms with E-state index in [0.29, 0.717) is 5.16 Å². The van der Waals surface area contributed by atoms with Crippen molar-refractivity contribution < 1.29 is 4.79 Å². The van der Waals surface area contributed by atoms with E-state index >= 15 is 0 Å². The second-order valence-electron chi connectivity index (χ2n) is 5.77. The van der Waals surface area contributed by atoms with Crippen LogP contribution in [0.5, 0.6) is 0 Å². The molecule has 128 valence electrons. The van der Waals surface area contributed by atoms with Crippen LogP contribution in [0.15, 0.2) is 59.8 Å². The van der Waals surface area contributed by atoms with Crippen molar-refractivity contribution >= 4 is 23.4 Å². The van der Waals surface area contributed by atoms with Gasteiger partial charge >= 0.3 is 0 Å². The quantitative estimate of drug-likeness (QED) is 0.705. The summed E-state index contributed by atoms with van der Waals surface area (Å²) in [6.45, 7) is 5.84. The summed E-state index contributed by atoms with van der Waals surface area (Å²) in [6, 6.07) is 17.5. The molecule has 25 heavy (non-hydrogen) atoms. The maximum Gasteiger partial charge on any atom is 0.237 e. The normalized spacial score (nSPS) is 12.0. The van der Waals surface area contributed by atoms with Crippen LogP contribution < -0.4 is 5.32 Å². The van der Waals surface area contributed by atoms with Crippen molar-refractivity contribution in [2.24, 2.45) is 0 Å². The first-order chi connectivity index (χ1) is 12.1. The molecule has 0 saturated carbocycles. The van der Waals surface area contributed by atoms with E-state index in [2.05, 4.69) is 28.5 Å². The van der Waals surface area contributed by atoms with Crippen LogP contribution in [-0.2, 0) is 4.79 Å². The SMILES string of the molecule is Cc1ccccc1-n1c(C)nnc1SC(C)C(=O)Nc1ccccc1. The van der Waals surface area contributed by atoms with E-state index in [9.17, 15) is 4.79 Å². The lowest BCUT2D eigenvalue weighted by Gasteiger charge is -2.14. The van der Waals surface area contributed by atoms with Crippen LogP contribution in [-0.4, -0.2) is 25.9 Å². The van der Waals surface area contributed by atoms with Gasteiger partial charge in [-0.3, -0.25) is 9.36 Å². The summed E-state index contributed by atoms with van der Waals surface area (Å²) in [4.78, 5) is 12.4. The number of rotatable bonds is 5. The first-order valence-electron chi connectivity index (χ1n) is 8.07. The predicted octanol–water partition coefficient (Wildman–Crippen LogP) is 4.00. The molecule has 0 bridgehead atoms. The van der Waals surface area contributed by atoms with Gasteiger partial charge in [0, 0.05) is 5.69 Å². The van der Waals surface area contributed by atoms with Gasteiger partial charge in [-0.2, -0.15) is 0 Å². The van der Waals surface area contributed by atoms with E-state index in [4.69, 9.17) is 0 Å². The molecule has 0 spiro atoms. The Bertz CT molecular complexity index is 876. The summed E-state index contributed by atoms with van der Waals surface area (Å²) in [5.41, 5.74) is 2.95. The zero-order valence-corrected chi connectivity index (χ0v) is 15.2. The highest BCUT2D eigenvalue weighted by molar-refractivity contribution is 8.00. The first kappa shape index (κ1) is 17.2. The van der Waals surface area contributed by atoms with Gasteiger partial charge in [0.2, 0.25) is 5.91 Å². The minimum absolute atomic E-state index is 0.0619. The molecular formula is C19H20N4OS. The number of aryl methyl sites for hydroxylation is 2. The molecule has 1 aromatic heterocycles. The minimum atomic E-state index is -0.299. The highest BCUT2D eigenvalue weighted by Gasteiger charge is 2.20. The largest absolute Gasteiger partial charge is 0.325 e. The number of carbonyl (C=O) groups is 1. The number of amides is 1. The van der Waals surface area contributed by atoms with Gasteiger partial charge in [-0.05, 0) is 44.5 Å². The third kappa shape index (κ3) is 3.91. The fourth-order valence-electron chi connectivity index (χ4n) is 2.49. The smallest absolute Gasteiger partial charge is 0.237 e. The second kappa shape index (κ2) is 7.53. The van der Waals surface area contributed by atoms with Crippen molar-refractivity contribution in [2.45, 2.75) is 31.2 Å². The molecule has 0 aliphatic rings.